The molecule has 3 aliphatic rings. The summed E-state index contributed by atoms with van der Waals surface area (Å²) in [6.45, 7) is 6.23. The van der Waals surface area contributed by atoms with Gasteiger partial charge in [-0.1, -0.05) is 44.7 Å². The number of nitrogens with zero attached hydrogens (tertiary/aromatic N) is 3. The van der Waals surface area contributed by atoms with E-state index in [9.17, 15) is 14.7 Å². The number of imidazole rings is 1. The summed E-state index contributed by atoms with van der Waals surface area (Å²) in [5, 5.41) is 14.1. The zero-order chi connectivity index (χ0) is 25.3. The minimum absolute atomic E-state index is 0.0848. The number of H-pyrrole nitrogens is 1. The van der Waals surface area contributed by atoms with E-state index in [1.54, 1.807) is 0 Å². The Morgan fingerprint density at radius 2 is 1.86 bits per heavy atom. The number of aliphatic hydroxyl groups excluding tert-OH is 1. The first-order valence-electron chi connectivity index (χ1n) is 13.9. The van der Waals surface area contributed by atoms with Crippen molar-refractivity contribution in [2.45, 2.75) is 95.4 Å². The van der Waals surface area contributed by atoms with Crippen LogP contribution < -0.4 is 5.32 Å². The number of piperidine rings is 1. The van der Waals surface area contributed by atoms with Crippen LogP contribution in [-0.4, -0.2) is 74.0 Å². The second-order valence-electron chi connectivity index (χ2n) is 11.1. The van der Waals surface area contributed by atoms with Gasteiger partial charge in [-0.05, 0) is 57.1 Å². The van der Waals surface area contributed by atoms with Gasteiger partial charge in [-0.15, -0.1) is 0 Å². The highest BCUT2D eigenvalue weighted by Crippen LogP contribution is 2.38. The highest BCUT2D eigenvalue weighted by molar-refractivity contribution is 6.00. The molecular formula is C28H41N5O3. The van der Waals surface area contributed by atoms with Crippen molar-refractivity contribution in [3.63, 3.8) is 0 Å². The summed E-state index contributed by atoms with van der Waals surface area (Å²) >= 11 is 0. The zero-order valence-corrected chi connectivity index (χ0v) is 21.7. The van der Waals surface area contributed by atoms with Crippen molar-refractivity contribution in [2.75, 3.05) is 19.6 Å². The number of likely N-dealkylation sites (tertiary alicyclic amines) is 1. The maximum Gasteiger partial charge on any atom is 0.248 e. The Morgan fingerprint density at radius 3 is 2.56 bits per heavy atom. The van der Waals surface area contributed by atoms with Gasteiger partial charge in [0.2, 0.25) is 11.8 Å². The third kappa shape index (κ3) is 4.54. The lowest BCUT2D eigenvalue weighted by Gasteiger charge is -2.53. The van der Waals surface area contributed by atoms with E-state index >= 15 is 0 Å². The van der Waals surface area contributed by atoms with Gasteiger partial charge in [0.15, 0.2) is 0 Å². The van der Waals surface area contributed by atoms with Crippen molar-refractivity contribution in [1.29, 1.82) is 0 Å². The normalized spacial score (nSPS) is 25.3. The van der Waals surface area contributed by atoms with Crippen molar-refractivity contribution in [3.8, 4) is 0 Å². The van der Waals surface area contributed by atoms with E-state index in [2.05, 4.69) is 29.0 Å². The fourth-order valence-corrected chi connectivity index (χ4v) is 6.58. The molecule has 3 atom stereocenters. The Labute approximate surface area is 213 Å². The molecule has 2 amide bonds. The Morgan fingerprint density at radius 1 is 1.14 bits per heavy atom. The predicted octanol–water partition coefficient (Wildman–Crippen LogP) is 3.53. The van der Waals surface area contributed by atoms with E-state index < -0.39 is 17.7 Å². The van der Waals surface area contributed by atoms with Gasteiger partial charge < -0.3 is 20.3 Å². The Balaban J connectivity index is 1.32. The van der Waals surface area contributed by atoms with Crippen LogP contribution in [0.3, 0.4) is 0 Å². The summed E-state index contributed by atoms with van der Waals surface area (Å²) in [7, 11) is 0. The van der Waals surface area contributed by atoms with Crippen LogP contribution in [0.2, 0.25) is 0 Å². The Hall–Kier alpha value is -2.45. The lowest BCUT2D eigenvalue weighted by atomic mass is 9.77. The first-order valence-corrected chi connectivity index (χ1v) is 13.9. The molecular weight excluding hydrogens is 454 g/mol. The molecule has 2 aliphatic heterocycles. The fraction of sp³-hybridized carbons (Fsp3) is 0.679. The molecule has 1 aromatic heterocycles. The highest BCUT2D eigenvalue weighted by atomic mass is 16.3. The molecule has 1 saturated carbocycles. The molecule has 3 N–H and O–H groups in total. The summed E-state index contributed by atoms with van der Waals surface area (Å²) in [5.74, 6) is 0.824. The van der Waals surface area contributed by atoms with Gasteiger partial charge in [0, 0.05) is 19.6 Å². The molecule has 1 unspecified atom stereocenters. The molecule has 36 heavy (non-hydrogen) atoms. The summed E-state index contributed by atoms with van der Waals surface area (Å²) < 4.78 is 0. The monoisotopic (exact) mass is 495 g/mol. The van der Waals surface area contributed by atoms with Gasteiger partial charge in [0.05, 0.1) is 23.2 Å². The van der Waals surface area contributed by atoms with Crippen molar-refractivity contribution in [2.24, 2.45) is 5.92 Å². The first kappa shape index (κ1) is 25.2. The number of nitrogens with one attached hydrogen (secondary N) is 2. The summed E-state index contributed by atoms with van der Waals surface area (Å²) in [6, 6.07) is 7.30. The van der Waals surface area contributed by atoms with Crippen LogP contribution in [-0.2, 0) is 9.59 Å². The van der Waals surface area contributed by atoms with Crippen molar-refractivity contribution < 1.29 is 14.7 Å². The standard InChI is InChI=1S/C28H41N5O3/c1-3-4-16-33-26(35)23(24(34)20-10-6-5-7-11-20)31-27(36)28(33)14-17-32(18-15-28)19(2)25-29-21-12-8-9-13-22(21)30-25/h8-9,12-13,19-20,23-24,34H,3-7,10-11,14-18H2,1-2H3,(H,29,30)(H,31,36)/t19?,23-,24-/m1/s1. The number of unbranched alkanes of at least 4 members (excludes halogenated alkanes) is 1. The minimum Gasteiger partial charge on any atom is -0.390 e. The van der Waals surface area contributed by atoms with Crippen LogP contribution in [0.25, 0.3) is 11.0 Å². The number of aromatic amines is 1. The van der Waals surface area contributed by atoms with Crippen LogP contribution in [0.4, 0.5) is 0 Å². The summed E-state index contributed by atoms with van der Waals surface area (Å²) in [5.41, 5.74) is 1.15. The number of benzene rings is 1. The van der Waals surface area contributed by atoms with Gasteiger partial charge in [0.25, 0.3) is 0 Å². The number of hydrogen-bond acceptors (Lipinski definition) is 5. The van der Waals surface area contributed by atoms with Crippen LogP contribution in [0.1, 0.15) is 83.5 Å². The number of carbonyl (C=O) groups excluding carboxylic acids is 2. The topological polar surface area (TPSA) is 102 Å². The van der Waals surface area contributed by atoms with Gasteiger partial charge in [-0.2, -0.15) is 0 Å². The molecule has 8 heteroatoms. The average molecular weight is 496 g/mol. The lowest BCUT2D eigenvalue weighted by molar-refractivity contribution is -0.166. The van der Waals surface area contributed by atoms with Crippen LogP contribution in [0, 0.1) is 5.92 Å². The number of aromatic nitrogens is 2. The number of piperazine rings is 1. The van der Waals surface area contributed by atoms with Gasteiger partial charge >= 0.3 is 0 Å². The second-order valence-corrected chi connectivity index (χ2v) is 11.1. The molecule has 8 nitrogen and oxygen atoms in total. The van der Waals surface area contributed by atoms with E-state index in [4.69, 9.17) is 4.98 Å². The number of rotatable bonds is 7. The largest absolute Gasteiger partial charge is 0.390 e. The molecule has 5 rings (SSSR count). The third-order valence-corrected chi connectivity index (χ3v) is 8.94. The number of hydrogen-bond donors (Lipinski definition) is 3. The zero-order valence-electron chi connectivity index (χ0n) is 21.7. The molecule has 2 saturated heterocycles. The molecule has 196 valence electrons. The Kier molecular flexibility index (Phi) is 7.35. The molecule has 0 bridgehead atoms. The second kappa shape index (κ2) is 10.5. The van der Waals surface area contributed by atoms with Gasteiger partial charge in [-0.3, -0.25) is 14.5 Å². The average Bonchev–Trinajstić information content (AvgIpc) is 3.35. The van der Waals surface area contributed by atoms with Crippen molar-refractivity contribution in [3.05, 3.63) is 30.1 Å². The van der Waals surface area contributed by atoms with Crippen LogP contribution >= 0.6 is 0 Å². The van der Waals surface area contributed by atoms with Gasteiger partial charge in [-0.25, -0.2) is 4.98 Å². The van der Waals surface area contributed by atoms with E-state index in [0.29, 0.717) is 32.5 Å². The van der Waals surface area contributed by atoms with E-state index in [-0.39, 0.29) is 23.8 Å². The lowest BCUT2D eigenvalue weighted by Crippen LogP contribution is -2.75. The Bertz CT molecular complexity index is 1040. The SMILES string of the molecule is CCCCN1C(=O)[C@@H]([C@H](O)C2CCCCC2)NC(=O)C12CCN(C(C)c1nc3ccccc3[nH]1)CC2. The quantitative estimate of drug-likeness (QED) is 0.546. The third-order valence-electron chi connectivity index (χ3n) is 8.94. The summed E-state index contributed by atoms with van der Waals surface area (Å²) in [4.78, 5) is 39.9. The van der Waals surface area contributed by atoms with Gasteiger partial charge in [0.1, 0.15) is 17.4 Å². The van der Waals surface area contributed by atoms with Crippen LogP contribution in [0.5, 0.6) is 0 Å². The number of para-hydroxylation sites is 2. The molecule has 1 spiro atoms. The predicted molar refractivity (Wildman–Crippen MR) is 139 cm³/mol. The van der Waals surface area contributed by atoms with Crippen LogP contribution in [0.15, 0.2) is 24.3 Å². The number of amides is 2. The fourth-order valence-electron chi connectivity index (χ4n) is 6.58. The number of aliphatic hydroxyl groups is 1. The van der Waals surface area contributed by atoms with E-state index in [1.165, 1.54) is 6.42 Å². The van der Waals surface area contributed by atoms with E-state index in [1.807, 2.05) is 29.2 Å². The molecule has 3 fully saturated rings. The number of carbonyl (C=O) groups is 2. The molecule has 2 aromatic rings. The molecule has 1 aromatic carbocycles. The summed E-state index contributed by atoms with van der Waals surface area (Å²) in [6.07, 6.45) is 7.37. The minimum atomic E-state index is -0.834. The number of fused-ring (bicyclic) bond motifs is 1. The molecule has 0 radical (unpaired) electrons. The molecule has 1 aliphatic carbocycles. The maximum atomic E-state index is 13.8. The maximum absolute atomic E-state index is 13.8. The van der Waals surface area contributed by atoms with Crippen molar-refractivity contribution in [1.82, 2.24) is 25.1 Å². The first-order chi connectivity index (χ1) is 17.4. The van der Waals surface area contributed by atoms with E-state index in [0.717, 1.165) is 55.4 Å². The smallest absolute Gasteiger partial charge is 0.248 e. The van der Waals surface area contributed by atoms with Crippen molar-refractivity contribution >= 4 is 22.8 Å². The molecule has 3 heterocycles. The highest BCUT2D eigenvalue weighted by Gasteiger charge is 2.55.